The van der Waals surface area contributed by atoms with Crippen LogP contribution in [0.25, 0.3) is 0 Å². The second kappa shape index (κ2) is 8.13. The van der Waals surface area contributed by atoms with E-state index in [4.69, 9.17) is 15.1 Å². The molecule has 0 atom stereocenters. The van der Waals surface area contributed by atoms with Gasteiger partial charge >= 0.3 is 5.51 Å². The Hall–Kier alpha value is -2.68. The number of aliphatic hydroxyl groups is 1. The highest BCUT2D eigenvalue weighted by molar-refractivity contribution is 8.00. The maximum Gasteiger partial charge on any atom is 0.446 e. The van der Waals surface area contributed by atoms with Gasteiger partial charge in [0.1, 0.15) is 23.9 Å². The topological polar surface area (TPSA) is 53.2 Å². The van der Waals surface area contributed by atoms with Crippen molar-refractivity contribution < 1.29 is 27.4 Å². The Morgan fingerprint density at radius 3 is 2.58 bits per heavy atom. The maximum atomic E-state index is 13.5. The fourth-order valence-electron chi connectivity index (χ4n) is 2.08. The van der Waals surface area contributed by atoms with Gasteiger partial charge in [-0.05, 0) is 43.0 Å². The van der Waals surface area contributed by atoms with Gasteiger partial charge in [0.15, 0.2) is 0 Å². The van der Waals surface area contributed by atoms with Crippen molar-refractivity contribution in [3.63, 3.8) is 0 Å². The van der Waals surface area contributed by atoms with E-state index in [9.17, 15) is 17.6 Å². The van der Waals surface area contributed by atoms with Crippen molar-refractivity contribution in [1.82, 2.24) is 0 Å². The molecule has 0 unspecified atom stereocenters. The number of benzene rings is 2. The molecule has 0 aliphatic heterocycles. The molecule has 3 nitrogen and oxygen atoms in total. The molecule has 2 aromatic rings. The summed E-state index contributed by atoms with van der Waals surface area (Å²) in [6, 6.07) is 7.67. The lowest BCUT2D eigenvalue weighted by Crippen LogP contribution is -2.02. The molecule has 0 heterocycles. The Bertz CT molecular complexity index is 924. The summed E-state index contributed by atoms with van der Waals surface area (Å²) < 4.78 is 57.2. The molecule has 26 heavy (non-hydrogen) atoms. The Balaban J connectivity index is 2.48. The summed E-state index contributed by atoms with van der Waals surface area (Å²) in [5.41, 5.74) is -4.12. The van der Waals surface area contributed by atoms with Crippen molar-refractivity contribution in [2.45, 2.75) is 17.3 Å². The summed E-state index contributed by atoms with van der Waals surface area (Å²) in [5.74, 6) is 4.31. The first-order chi connectivity index (χ1) is 12.2. The van der Waals surface area contributed by atoms with Gasteiger partial charge in [-0.15, -0.1) is 0 Å². The molecule has 134 valence electrons. The normalized spacial score (nSPS) is 10.7. The van der Waals surface area contributed by atoms with Gasteiger partial charge in [-0.3, -0.25) is 0 Å². The lowest BCUT2D eigenvalue weighted by atomic mass is 10.1. The number of halogens is 4. The zero-order valence-corrected chi connectivity index (χ0v) is 14.1. The van der Waals surface area contributed by atoms with Crippen LogP contribution in [0.2, 0.25) is 0 Å². The van der Waals surface area contributed by atoms with Gasteiger partial charge in [0, 0.05) is 22.1 Å². The summed E-state index contributed by atoms with van der Waals surface area (Å²) in [4.78, 5) is -0.139. The third kappa shape index (κ3) is 5.16. The highest BCUT2D eigenvalue weighted by Gasteiger charge is 2.31. The summed E-state index contributed by atoms with van der Waals surface area (Å²) in [5, 5.41) is 17.7. The van der Waals surface area contributed by atoms with Crippen LogP contribution >= 0.6 is 11.8 Å². The van der Waals surface area contributed by atoms with Crippen LogP contribution in [0.1, 0.15) is 16.7 Å². The van der Waals surface area contributed by atoms with Crippen LogP contribution in [0.4, 0.5) is 17.6 Å². The van der Waals surface area contributed by atoms with E-state index in [2.05, 4.69) is 11.8 Å². The lowest BCUT2D eigenvalue weighted by molar-refractivity contribution is -0.0328. The van der Waals surface area contributed by atoms with Gasteiger partial charge in [-0.2, -0.15) is 18.4 Å². The molecule has 0 saturated heterocycles. The highest BCUT2D eigenvalue weighted by Crippen LogP contribution is 2.41. The van der Waals surface area contributed by atoms with Crippen LogP contribution in [0.5, 0.6) is 11.5 Å². The highest BCUT2D eigenvalue weighted by atomic mass is 32.2. The average molecular weight is 381 g/mol. The Labute approximate surface area is 151 Å². The number of thioether (sulfide) groups is 1. The van der Waals surface area contributed by atoms with Gasteiger partial charge in [-0.25, -0.2) is 4.39 Å². The number of alkyl halides is 3. The van der Waals surface area contributed by atoms with E-state index in [0.29, 0.717) is 5.56 Å². The number of ether oxygens (including phenoxy) is 1. The van der Waals surface area contributed by atoms with Crippen LogP contribution < -0.4 is 4.74 Å². The number of nitrogens with zero attached hydrogens (tertiary/aromatic N) is 1. The summed E-state index contributed by atoms with van der Waals surface area (Å²) in [6.45, 7) is 0.984. The van der Waals surface area contributed by atoms with Gasteiger partial charge < -0.3 is 9.84 Å². The Morgan fingerprint density at radius 2 is 1.96 bits per heavy atom. The minimum Gasteiger partial charge on any atom is -0.457 e. The predicted molar refractivity (Wildman–Crippen MR) is 88.2 cm³/mol. The number of hydrogen-bond donors (Lipinski definition) is 1. The third-order valence-electron chi connectivity index (χ3n) is 3.12. The van der Waals surface area contributed by atoms with Crippen molar-refractivity contribution in [3.05, 3.63) is 52.8 Å². The zero-order valence-electron chi connectivity index (χ0n) is 13.3. The zero-order chi connectivity index (χ0) is 19.3. The number of hydrogen-bond acceptors (Lipinski definition) is 4. The second-order valence-electron chi connectivity index (χ2n) is 4.96. The second-order valence-corrected chi connectivity index (χ2v) is 6.07. The van der Waals surface area contributed by atoms with E-state index >= 15 is 0 Å². The Kier molecular flexibility index (Phi) is 6.14. The van der Waals surface area contributed by atoms with E-state index in [0.717, 1.165) is 12.1 Å². The predicted octanol–water partition coefficient (Wildman–Crippen LogP) is 4.75. The molecule has 0 aromatic heterocycles. The molecule has 1 N–H and O–H groups in total. The van der Waals surface area contributed by atoms with Gasteiger partial charge in [0.05, 0.1) is 11.6 Å². The van der Waals surface area contributed by atoms with Crippen molar-refractivity contribution in [2.24, 2.45) is 0 Å². The first kappa shape index (κ1) is 19.6. The monoisotopic (exact) mass is 381 g/mol. The van der Waals surface area contributed by atoms with Gasteiger partial charge in [0.25, 0.3) is 0 Å². The molecule has 0 bridgehead atoms. The Morgan fingerprint density at radius 1 is 1.23 bits per heavy atom. The van der Waals surface area contributed by atoms with Crippen LogP contribution in [0.15, 0.2) is 35.2 Å². The molecule has 0 spiro atoms. The number of nitriles is 1. The molecule has 0 amide bonds. The van der Waals surface area contributed by atoms with Crippen LogP contribution in [0.3, 0.4) is 0 Å². The van der Waals surface area contributed by atoms with Crippen molar-refractivity contribution in [2.75, 3.05) is 6.61 Å². The standard InChI is InChI=1S/C18H11F4NO2S/c1-11-15(3-2-6-24)17(26-18(20,21)22)5-4-16(11)25-14-8-12(10-23)7-13(19)9-14/h4-5,7-9,24H,6H2,1H3. The van der Waals surface area contributed by atoms with E-state index in [-0.39, 0.29) is 39.3 Å². The van der Waals surface area contributed by atoms with E-state index in [1.807, 2.05) is 0 Å². The molecule has 8 heteroatoms. The lowest BCUT2D eigenvalue weighted by Gasteiger charge is -2.14. The largest absolute Gasteiger partial charge is 0.457 e. The maximum absolute atomic E-state index is 13.5. The molecule has 0 saturated carbocycles. The smallest absolute Gasteiger partial charge is 0.446 e. The molecule has 0 aliphatic rings. The summed E-state index contributed by atoms with van der Waals surface area (Å²) >= 11 is -0.327. The fourth-order valence-corrected chi connectivity index (χ4v) is 2.78. The minimum atomic E-state index is -4.51. The number of rotatable bonds is 3. The fraction of sp³-hybridized carbons (Fsp3) is 0.167. The third-order valence-corrected chi connectivity index (χ3v) is 3.91. The van der Waals surface area contributed by atoms with Crippen LogP contribution in [-0.4, -0.2) is 17.2 Å². The van der Waals surface area contributed by atoms with Gasteiger partial charge in [0.2, 0.25) is 0 Å². The SMILES string of the molecule is Cc1c(Oc2cc(F)cc(C#N)c2)ccc(SC(F)(F)F)c1C#CCO. The first-order valence-electron chi connectivity index (χ1n) is 7.11. The number of aliphatic hydroxyl groups excluding tert-OH is 1. The average Bonchev–Trinajstić information content (AvgIpc) is 2.55. The molecule has 2 rings (SSSR count). The molecule has 2 aromatic carbocycles. The van der Waals surface area contributed by atoms with Crippen LogP contribution in [-0.2, 0) is 0 Å². The van der Waals surface area contributed by atoms with Crippen molar-refractivity contribution in [3.8, 4) is 29.4 Å². The molecular formula is C18H11F4NO2S. The molecule has 0 radical (unpaired) electrons. The first-order valence-corrected chi connectivity index (χ1v) is 7.93. The van der Waals surface area contributed by atoms with E-state index < -0.39 is 17.9 Å². The molecule has 0 aliphatic carbocycles. The molecular weight excluding hydrogens is 370 g/mol. The van der Waals surface area contributed by atoms with E-state index in [1.165, 1.54) is 25.1 Å². The molecule has 0 fully saturated rings. The quantitative estimate of drug-likeness (QED) is 0.473. The van der Waals surface area contributed by atoms with E-state index in [1.54, 1.807) is 6.07 Å². The summed E-state index contributed by atoms with van der Waals surface area (Å²) in [7, 11) is 0. The van der Waals surface area contributed by atoms with Crippen molar-refractivity contribution >= 4 is 11.8 Å². The van der Waals surface area contributed by atoms with Gasteiger partial charge in [-0.1, -0.05) is 11.8 Å². The van der Waals surface area contributed by atoms with Crippen molar-refractivity contribution in [1.29, 1.82) is 5.26 Å². The summed E-state index contributed by atoms with van der Waals surface area (Å²) in [6.07, 6.45) is 0. The van der Waals surface area contributed by atoms with Crippen LogP contribution in [0, 0.1) is 35.9 Å². The minimum absolute atomic E-state index is 0.0296.